The third-order valence-electron chi connectivity index (χ3n) is 7.65. The zero-order chi connectivity index (χ0) is 31.4. The van der Waals surface area contributed by atoms with Gasteiger partial charge in [-0.1, -0.05) is 19.6 Å². The molecular weight excluding hydrogens is 582 g/mol. The number of nitrogens with one attached hydrogen (secondary N) is 2. The van der Waals surface area contributed by atoms with E-state index in [0.717, 1.165) is 50.5 Å². The molecule has 0 spiro atoms. The van der Waals surface area contributed by atoms with Crippen molar-refractivity contribution in [1.82, 2.24) is 14.9 Å². The van der Waals surface area contributed by atoms with Crippen molar-refractivity contribution in [2.75, 3.05) is 67.0 Å². The Bertz CT molecular complexity index is 1510. The topological polar surface area (TPSA) is 95.1 Å². The zero-order valence-electron chi connectivity index (χ0n) is 24.3. The number of hydroxylamine groups is 1. The first kappa shape index (κ1) is 31.0. The molecule has 14 heteroatoms. The van der Waals surface area contributed by atoms with Crippen molar-refractivity contribution in [3.05, 3.63) is 72.3 Å². The molecule has 2 aliphatic rings. The lowest BCUT2D eigenvalue weighted by Gasteiger charge is -2.36. The van der Waals surface area contributed by atoms with Gasteiger partial charge in [0.1, 0.15) is 23.7 Å². The summed E-state index contributed by atoms with van der Waals surface area (Å²) < 4.78 is 59.8. The van der Waals surface area contributed by atoms with Gasteiger partial charge in [0.2, 0.25) is 5.91 Å². The van der Waals surface area contributed by atoms with E-state index in [9.17, 15) is 22.4 Å². The molecule has 1 atom stereocenters. The highest BCUT2D eigenvalue weighted by atomic mass is 19.4. The molecule has 2 aliphatic heterocycles. The Morgan fingerprint density at radius 1 is 1.14 bits per heavy atom. The molecule has 5 rings (SSSR count). The Labute approximate surface area is 252 Å². The Balaban J connectivity index is 1.43. The van der Waals surface area contributed by atoms with Crippen molar-refractivity contribution in [2.24, 2.45) is 0 Å². The summed E-state index contributed by atoms with van der Waals surface area (Å²) in [6.45, 7) is 10.2. The molecule has 0 saturated carbocycles. The van der Waals surface area contributed by atoms with Crippen LogP contribution in [0.5, 0.6) is 5.75 Å². The van der Waals surface area contributed by atoms with Crippen LogP contribution in [0, 0.1) is 5.82 Å². The van der Waals surface area contributed by atoms with E-state index in [0.29, 0.717) is 29.4 Å². The monoisotopic (exact) mass is 615 g/mol. The van der Waals surface area contributed by atoms with E-state index in [-0.39, 0.29) is 23.9 Å². The minimum absolute atomic E-state index is 0.227. The number of benzene rings is 2. The average Bonchev–Trinajstić information content (AvgIpc) is 3.51. The molecule has 1 aromatic heterocycles. The Morgan fingerprint density at radius 2 is 1.91 bits per heavy atom. The highest BCUT2D eigenvalue weighted by Crippen LogP contribution is 2.41. The summed E-state index contributed by atoms with van der Waals surface area (Å²) in [7, 11) is 1.54. The molecule has 10 nitrogen and oxygen atoms in total. The van der Waals surface area contributed by atoms with Crippen LogP contribution in [0.15, 0.2) is 55.4 Å². The number of likely N-dealkylation sites (N-methyl/N-ethyl adjacent to an activating group) is 1. The number of nitrogens with zero attached hydrogens (tertiary/aromatic N) is 5. The van der Waals surface area contributed by atoms with Crippen molar-refractivity contribution < 1.29 is 31.9 Å². The van der Waals surface area contributed by atoms with E-state index in [2.05, 4.69) is 43.9 Å². The number of carbonyl (C=O) groups excluding carboxylic acids is 1. The predicted octanol–water partition coefficient (Wildman–Crippen LogP) is 5.54. The van der Waals surface area contributed by atoms with Crippen molar-refractivity contribution >= 4 is 34.6 Å². The van der Waals surface area contributed by atoms with Crippen LogP contribution in [0.1, 0.15) is 30.5 Å². The fourth-order valence-electron chi connectivity index (χ4n) is 5.33. The van der Waals surface area contributed by atoms with Gasteiger partial charge in [-0.3, -0.25) is 9.63 Å². The van der Waals surface area contributed by atoms with Crippen LogP contribution < -0.4 is 25.3 Å². The van der Waals surface area contributed by atoms with E-state index in [4.69, 9.17) is 9.57 Å². The van der Waals surface area contributed by atoms with Crippen molar-refractivity contribution in [1.29, 1.82) is 0 Å². The Kier molecular flexibility index (Phi) is 9.20. The highest BCUT2D eigenvalue weighted by molar-refractivity contribution is 6.02. The van der Waals surface area contributed by atoms with Gasteiger partial charge in [0, 0.05) is 44.7 Å². The van der Waals surface area contributed by atoms with Gasteiger partial charge in [0.05, 0.1) is 42.4 Å². The van der Waals surface area contributed by atoms with Crippen LogP contribution in [0.3, 0.4) is 0 Å². The number of anilines is 5. The predicted molar refractivity (Wildman–Crippen MR) is 159 cm³/mol. The van der Waals surface area contributed by atoms with Crippen molar-refractivity contribution in [3.63, 3.8) is 0 Å². The maximum Gasteiger partial charge on any atom is 0.419 e. The second-order valence-corrected chi connectivity index (χ2v) is 10.3. The van der Waals surface area contributed by atoms with E-state index in [1.807, 2.05) is 6.07 Å². The number of hydrogen-bond acceptors (Lipinski definition) is 9. The molecule has 0 unspecified atom stereocenters. The number of rotatable bonds is 9. The third kappa shape index (κ3) is 6.70. The Morgan fingerprint density at radius 3 is 2.59 bits per heavy atom. The van der Waals surface area contributed by atoms with Gasteiger partial charge in [-0.25, -0.2) is 19.4 Å². The van der Waals surface area contributed by atoms with E-state index in [1.165, 1.54) is 30.6 Å². The van der Waals surface area contributed by atoms with Gasteiger partial charge in [0.25, 0.3) is 0 Å². The molecule has 2 N–H and O–H groups in total. The number of halogens is 4. The Hall–Kier alpha value is -4.43. The summed E-state index contributed by atoms with van der Waals surface area (Å²) in [6.07, 6.45) is -1.99. The molecular formula is C30H33F4N7O3. The number of carbonyl (C=O) groups is 1. The molecule has 2 aromatic carbocycles. The second kappa shape index (κ2) is 13.1. The van der Waals surface area contributed by atoms with Crippen LogP contribution in [-0.4, -0.2) is 67.2 Å². The summed E-state index contributed by atoms with van der Waals surface area (Å²) in [5.74, 6) is -0.593. The summed E-state index contributed by atoms with van der Waals surface area (Å²) in [6, 6.07) is 7.45. The first-order valence-electron chi connectivity index (χ1n) is 14.1. The molecule has 0 radical (unpaired) electrons. The fraction of sp³-hybridized carbons (Fsp3) is 0.367. The summed E-state index contributed by atoms with van der Waals surface area (Å²) >= 11 is 0. The van der Waals surface area contributed by atoms with Gasteiger partial charge in [0.15, 0.2) is 5.82 Å². The van der Waals surface area contributed by atoms with Gasteiger partial charge < -0.3 is 25.2 Å². The number of aromatic nitrogens is 2. The first-order chi connectivity index (χ1) is 21.1. The summed E-state index contributed by atoms with van der Waals surface area (Å²) in [4.78, 5) is 31.2. The van der Waals surface area contributed by atoms with Gasteiger partial charge in [-0.05, 0) is 36.4 Å². The molecule has 44 heavy (non-hydrogen) atoms. The minimum atomic E-state index is -4.83. The lowest BCUT2D eigenvalue weighted by molar-refractivity contribution is -0.140. The van der Waals surface area contributed by atoms with Gasteiger partial charge in [-0.2, -0.15) is 13.2 Å². The molecule has 2 saturated heterocycles. The van der Waals surface area contributed by atoms with Crippen LogP contribution in [-0.2, 0) is 15.8 Å². The summed E-state index contributed by atoms with van der Waals surface area (Å²) in [5, 5.41) is 7.47. The second-order valence-electron chi connectivity index (χ2n) is 10.3. The average molecular weight is 616 g/mol. The third-order valence-corrected chi connectivity index (χ3v) is 7.65. The number of ether oxygens (including phenoxy) is 1. The smallest absolute Gasteiger partial charge is 0.419 e. The quantitative estimate of drug-likeness (QED) is 0.238. The SMILES string of the molecule is C=CC(=O)Nc1cc(Nc2cc(N3OCC[C@@H]3c3ccc(F)c(C(F)(F)F)c3)ncn2)c(OC)cc1N1CCN(CC)CC1. The molecule has 0 aliphatic carbocycles. The standard InChI is InChI=1S/C30H33F4N7O3/c1-4-29(42)38-22-15-23(26(43-3)16-25(22)40-11-9-39(5-2)10-12-40)37-27-17-28(36-18-35-27)41-24(8-13-44-41)19-6-7-21(31)20(14-19)30(32,33)34/h4,6-7,14-18,24H,1,5,8-13H2,2-3H3,(H,38,42)(H,35,36,37)/t24-/m1/s1. The maximum absolute atomic E-state index is 13.9. The normalized spacial score (nSPS) is 17.5. The number of amides is 1. The van der Waals surface area contributed by atoms with Crippen molar-refractivity contribution in [3.8, 4) is 5.75 Å². The van der Waals surface area contributed by atoms with Crippen LogP contribution in [0.25, 0.3) is 0 Å². The zero-order valence-corrected chi connectivity index (χ0v) is 24.3. The van der Waals surface area contributed by atoms with E-state index >= 15 is 0 Å². The number of alkyl halides is 3. The largest absolute Gasteiger partial charge is 0.494 e. The lowest BCUT2D eigenvalue weighted by atomic mass is 10.0. The molecule has 3 aromatic rings. The number of piperazine rings is 1. The van der Waals surface area contributed by atoms with Gasteiger partial charge >= 0.3 is 6.18 Å². The molecule has 3 heterocycles. The fourth-order valence-corrected chi connectivity index (χ4v) is 5.33. The molecule has 234 valence electrons. The van der Waals surface area contributed by atoms with Crippen LogP contribution in [0.2, 0.25) is 0 Å². The lowest BCUT2D eigenvalue weighted by Crippen LogP contribution is -2.46. The van der Waals surface area contributed by atoms with E-state index in [1.54, 1.807) is 12.1 Å². The van der Waals surface area contributed by atoms with Crippen LogP contribution in [0.4, 0.5) is 46.3 Å². The number of methoxy groups -OCH3 is 1. The number of hydrogen-bond donors (Lipinski definition) is 2. The van der Waals surface area contributed by atoms with Gasteiger partial charge in [-0.15, -0.1) is 0 Å². The first-order valence-corrected chi connectivity index (χ1v) is 14.1. The molecule has 1 amide bonds. The van der Waals surface area contributed by atoms with E-state index < -0.39 is 23.6 Å². The van der Waals surface area contributed by atoms with Crippen molar-refractivity contribution in [2.45, 2.75) is 25.6 Å². The maximum atomic E-state index is 13.9. The minimum Gasteiger partial charge on any atom is -0.494 e. The molecule has 2 fully saturated rings. The van der Waals surface area contributed by atoms with Crippen LogP contribution >= 0.6 is 0 Å². The highest BCUT2D eigenvalue weighted by Gasteiger charge is 2.37. The summed E-state index contributed by atoms with van der Waals surface area (Å²) in [5.41, 5.74) is 0.752. The molecule has 0 bridgehead atoms.